The van der Waals surface area contributed by atoms with E-state index in [0.29, 0.717) is 3.42 Å². The molecule has 0 aromatic rings. The molecule has 2 radical (unpaired) electrons. The average molecular weight is 281 g/mol. The van der Waals surface area contributed by atoms with Gasteiger partial charge < -0.3 is 0 Å². The Morgan fingerprint density at radius 3 is 2.36 bits per heavy atom. The predicted octanol–water partition coefficient (Wildman–Crippen LogP) is 3.05. The summed E-state index contributed by atoms with van der Waals surface area (Å²) in [6, 6.07) is 0. The third kappa shape index (κ3) is 0.620. The highest BCUT2D eigenvalue weighted by Crippen LogP contribution is 2.75. The van der Waals surface area contributed by atoms with Crippen LogP contribution in [0.1, 0.15) is 25.7 Å². The highest BCUT2D eigenvalue weighted by atomic mass is 127. The molecule has 0 aromatic carbocycles. The van der Waals surface area contributed by atoms with Gasteiger partial charge in [-0.05, 0) is 31.1 Å². The van der Waals surface area contributed by atoms with Gasteiger partial charge in [-0.1, -0.05) is 29.0 Å². The zero-order valence-corrected chi connectivity index (χ0v) is 9.15. The van der Waals surface area contributed by atoms with Gasteiger partial charge in [0.2, 0.25) is 0 Å². The van der Waals surface area contributed by atoms with Crippen molar-refractivity contribution in [2.24, 2.45) is 11.8 Å². The van der Waals surface area contributed by atoms with Crippen LogP contribution in [-0.4, -0.2) is 8.30 Å². The molecule has 0 saturated heterocycles. The van der Waals surface area contributed by atoms with Gasteiger partial charge in [-0.15, -0.1) is 11.6 Å². The van der Waals surface area contributed by atoms with Crippen molar-refractivity contribution < 1.29 is 0 Å². The molecule has 0 spiro atoms. The van der Waals surface area contributed by atoms with Crippen molar-refractivity contribution in [1.82, 2.24) is 0 Å². The van der Waals surface area contributed by atoms with E-state index < -0.39 is 0 Å². The minimum atomic E-state index is 0.0272. The summed E-state index contributed by atoms with van der Waals surface area (Å²) in [5.74, 6) is 1.52. The largest absolute Gasteiger partial charge is 0.118 e. The van der Waals surface area contributed by atoms with Crippen LogP contribution in [0, 0.1) is 18.3 Å². The first-order valence-corrected chi connectivity index (χ1v) is 5.76. The molecular formula is C9H10ClI. The molecule has 0 aliphatic heterocycles. The molecule has 11 heavy (non-hydrogen) atoms. The molecule has 4 aliphatic carbocycles. The van der Waals surface area contributed by atoms with Crippen molar-refractivity contribution in [2.45, 2.75) is 34.0 Å². The van der Waals surface area contributed by atoms with Crippen LogP contribution in [0.5, 0.6) is 0 Å². The van der Waals surface area contributed by atoms with Crippen LogP contribution in [0.3, 0.4) is 0 Å². The van der Waals surface area contributed by atoms with E-state index in [1.807, 2.05) is 0 Å². The summed E-state index contributed by atoms with van der Waals surface area (Å²) < 4.78 is 0.539. The molecule has 4 fully saturated rings. The van der Waals surface area contributed by atoms with Gasteiger partial charge in [-0.2, -0.15) is 0 Å². The quantitative estimate of drug-likeness (QED) is 0.472. The fourth-order valence-corrected chi connectivity index (χ4v) is 6.12. The van der Waals surface area contributed by atoms with E-state index in [9.17, 15) is 0 Å². The van der Waals surface area contributed by atoms with Crippen molar-refractivity contribution in [1.29, 1.82) is 0 Å². The summed E-state index contributed by atoms with van der Waals surface area (Å²) in [5.41, 5.74) is 0. The first-order valence-electron chi connectivity index (χ1n) is 4.31. The smallest absolute Gasteiger partial charge is 0.0597 e. The van der Waals surface area contributed by atoms with E-state index >= 15 is 0 Å². The minimum absolute atomic E-state index is 0.0272. The molecule has 2 heteroatoms. The van der Waals surface area contributed by atoms with Crippen molar-refractivity contribution in [2.75, 3.05) is 0 Å². The van der Waals surface area contributed by atoms with Crippen LogP contribution in [-0.2, 0) is 0 Å². The second kappa shape index (κ2) is 1.92. The molecule has 0 N–H and O–H groups in total. The van der Waals surface area contributed by atoms with E-state index in [1.54, 1.807) is 0 Å². The zero-order chi connectivity index (χ0) is 7.69. The van der Waals surface area contributed by atoms with Crippen LogP contribution < -0.4 is 0 Å². The topological polar surface area (TPSA) is 0 Å². The number of alkyl halides is 2. The van der Waals surface area contributed by atoms with Gasteiger partial charge in [-0.3, -0.25) is 0 Å². The minimum Gasteiger partial charge on any atom is -0.118 e. The van der Waals surface area contributed by atoms with Gasteiger partial charge in [0.1, 0.15) is 0 Å². The van der Waals surface area contributed by atoms with E-state index in [1.165, 1.54) is 19.3 Å². The molecule has 0 aromatic heterocycles. The summed E-state index contributed by atoms with van der Waals surface area (Å²) in [6.07, 6.45) is 8.70. The molecule has 0 heterocycles. The first-order chi connectivity index (χ1) is 5.18. The van der Waals surface area contributed by atoms with Gasteiger partial charge in [0.15, 0.2) is 0 Å². The van der Waals surface area contributed by atoms with Gasteiger partial charge in [0.25, 0.3) is 0 Å². The maximum absolute atomic E-state index is 6.48. The van der Waals surface area contributed by atoms with Crippen LogP contribution in [0.2, 0.25) is 0 Å². The van der Waals surface area contributed by atoms with Crippen LogP contribution in [0.4, 0.5) is 0 Å². The standard InChI is InChI=1S/C9H10ClI/c10-8-4-5-9(11)6(8)2-1-3-7(8)9/h6-7H,1-3,5H2. The van der Waals surface area contributed by atoms with Gasteiger partial charge in [0, 0.05) is 9.84 Å². The summed E-state index contributed by atoms with van der Waals surface area (Å²) in [6.45, 7) is 0. The SMILES string of the molecule is ClC12[C]CC3(I)C1CCCC23. The Balaban J connectivity index is 2.05. The third-order valence-corrected chi connectivity index (χ3v) is 6.33. The highest BCUT2D eigenvalue weighted by molar-refractivity contribution is 14.1. The number of hydrogen-bond donors (Lipinski definition) is 0. The van der Waals surface area contributed by atoms with E-state index in [4.69, 9.17) is 11.6 Å². The van der Waals surface area contributed by atoms with Crippen LogP contribution in [0.25, 0.3) is 0 Å². The lowest BCUT2D eigenvalue weighted by Crippen LogP contribution is -2.63. The Bertz CT molecular complexity index is 184. The number of fused-ring (bicyclic) bond motifs is 1. The third-order valence-electron chi connectivity index (χ3n) is 3.79. The molecule has 0 amide bonds. The predicted molar refractivity (Wildman–Crippen MR) is 54.0 cm³/mol. The monoisotopic (exact) mass is 280 g/mol. The van der Waals surface area contributed by atoms with E-state index in [2.05, 4.69) is 29.0 Å². The normalized spacial score (nSPS) is 66.0. The second-order valence-corrected chi connectivity index (χ2v) is 6.72. The van der Waals surface area contributed by atoms with Crippen molar-refractivity contribution >= 4 is 34.2 Å². The molecule has 2 unspecified atom stereocenters. The van der Waals surface area contributed by atoms with Gasteiger partial charge in [-0.25, -0.2) is 0 Å². The molecule has 4 rings (SSSR count). The number of rotatable bonds is 0. The maximum atomic E-state index is 6.48. The highest BCUT2D eigenvalue weighted by Gasteiger charge is 2.74. The molecule has 4 aliphatic rings. The van der Waals surface area contributed by atoms with Crippen LogP contribution in [0.15, 0.2) is 0 Å². The Labute approximate surface area is 86.2 Å². The lowest BCUT2D eigenvalue weighted by molar-refractivity contribution is 0.0632. The molecule has 4 saturated carbocycles. The van der Waals surface area contributed by atoms with E-state index in [0.717, 1.165) is 18.3 Å². The molecule has 60 valence electrons. The van der Waals surface area contributed by atoms with Gasteiger partial charge >= 0.3 is 0 Å². The Morgan fingerprint density at radius 2 is 2.00 bits per heavy atom. The Kier molecular flexibility index (Phi) is 1.29. The number of halogens is 2. The lowest BCUT2D eigenvalue weighted by Gasteiger charge is -2.60. The van der Waals surface area contributed by atoms with Crippen molar-refractivity contribution in [3.8, 4) is 0 Å². The summed E-state index contributed by atoms with van der Waals surface area (Å²) in [5, 5.41) is 0. The summed E-state index contributed by atoms with van der Waals surface area (Å²) in [7, 11) is 0. The first kappa shape index (κ1) is 7.43. The maximum Gasteiger partial charge on any atom is 0.0597 e. The average Bonchev–Trinajstić information content (AvgIpc) is 2.42. The Morgan fingerprint density at radius 1 is 1.36 bits per heavy atom. The zero-order valence-electron chi connectivity index (χ0n) is 6.24. The fourth-order valence-electron chi connectivity index (χ4n) is 3.28. The lowest BCUT2D eigenvalue weighted by atomic mass is 9.55. The number of hydrogen-bond acceptors (Lipinski definition) is 0. The van der Waals surface area contributed by atoms with Crippen molar-refractivity contribution in [3.05, 3.63) is 6.42 Å². The fraction of sp³-hybridized carbons (Fsp3) is 0.889. The molecular weight excluding hydrogens is 270 g/mol. The Hall–Kier alpha value is 1.02. The molecule has 0 nitrogen and oxygen atoms in total. The summed E-state index contributed by atoms with van der Waals surface area (Å²) >= 11 is 9.11. The molecule has 2 atom stereocenters. The summed E-state index contributed by atoms with van der Waals surface area (Å²) in [4.78, 5) is 0.0272. The van der Waals surface area contributed by atoms with Gasteiger partial charge in [0.05, 0.1) is 4.87 Å². The van der Waals surface area contributed by atoms with E-state index in [-0.39, 0.29) is 4.87 Å². The second-order valence-electron chi connectivity index (χ2n) is 4.08. The van der Waals surface area contributed by atoms with Crippen molar-refractivity contribution in [3.63, 3.8) is 0 Å². The van der Waals surface area contributed by atoms with Crippen LogP contribution >= 0.6 is 34.2 Å². The molecule has 4 bridgehead atoms.